The van der Waals surface area contributed by atoms with Gasteiger partial charge < -0.3 is 9.84 Å². The van der Waals surface area contributed by atoms with E-state index in [0.717, 1.165) is 23.5 Å². The van der Waals surface area contributed by atoms with Crippen LogP contribution in [0.3, 0.4) is 0 Å². The zero-order valence-corrected chi connectivity index (χ0v) is 26.6. The second kappa shape index (κ2) is 17.3. The number of anilines is 1. The number of amides is 1. The van der Waals surface area contributed by atoms with Gasteiger partial charge in [0.1, 0.15) is 16.6 Å². The molecular formula is C32H42FN5O3S. The van der Waals surface area contributed by atoms with Crippen LogP contribution in [0.15, 0.2) is 58.4 Å². The van der Waals surface area contributed by atoms with Gasteiger partial charge >= 0.3 is 0 Å². The second-order valence-corrected chi connectivity index (χ2v) is 11.0. The van der Waals surface area contributed by atoms with Gasteiger partial charge in [0.2, 0.25) is 5.13 Å². The third-order valence-corrected chi connectivity index (χ3v) is 7.48. The Kier molecular flexibility index (Phi) is 14.1. The molecule has 3 aromatic rings. The summed E-state index contributed by atoms with van der Waals surface area (Å²) in [5.74, 6) is 0.0993. The van der Waals surface area contributed by atoms with Crippen molar-refractivity contribution in [2.45, 2.75) is 67.7 Å². The average Bonchev–Trinajstić information content (AvgIpc) is 3.40. The number of carbonyl (C=O) groups excluding carboxylic acids is 1. The summed E-state index contributed by atoms with van der Waals surface area (Å²) in [6.45, 7) is 14.3. The monoisotopic (exact) mass is 595 g/mol. The second-order valence-electron chi connectivity index (χ2n) is 9.84. The van der Waals surface area contributed by atoms with Gasteiger partial charge in [-0.2, -0.15) is 0 Å². The minimum Gasteiger partial charge on any atom is -0.496 e. The largest absolute Gasteiger partial charge is 0.496 e. The number of rotatable bonds is 11. The normalized spacial score (nSPS) is 12.9. The number of methoxy groups -OCH3 is 1. The van der Waals surface area contributed by atoms with E-state index in [-0.39, 0.29) is 17.7 Å². The number of nitrogens with zero attached hydrogens (tertiary/aromatic N) is 4. The van der Waals surface area contributed by atoms with E-state index in [0.29, 0.717) is 28.1 Å². The first kappa shape index (κ1) is 34.4. The SMILES string of the molecule is COc1cccc(F)c1-c1cc(C)ncc1C(=O)Nc1nnc(C)s1.C\C=C(CO)/N=C/C(CC(C)CC)=C(/C)CC. The molecule has 2 aromatic heterocycles. The van der Waals surface area contributed by atoms with Gasteiger partial charge in [-0.1, -0.05) is 56.2 Å². The molecular weight excluding hydrogens is 553 g/mol. The molecule has 0 spiro atoms. The van der Waals surface area contributed by atoms with Crippen molar-refractivity contribution in [1.82, 2.24) is 15.2 Å². The summed E-state index contributed by atoms with van der Waals surface area (Å²) < 4.78 is 19.7. The molecule has 0 saturated heterocycles. The Morgan fingerprint density at radius 2 is 2.00 bits per heavy atom. The quantitative estimate of drug-likeness (QED) is 0.220. The molecule has 226 valence electrons. The van der Waals surface area contributed by atoms with Crippen molar-refractivity contribution >= 4 is 28.6 Å². The molecule has 1 unspecified atom stereocenters. The number of allylic oxidation sites excluding steroid dienone is 3. The molecule has 2 heterocycles. The van der Waals surface area contributed by atoms with Gasteiger partial charge in [-0.25, -0.2) is 4.39 Å². The van der Waals surface area contributed by atoms with E-state index in [1.165, 1.54) is 48.3 Å². The zero-order chi connectivity index (χ0) is 31.2. The van der Waals surface area contributed by atoms with Crippen LogP contribution in [0, 0.1) is 25.6 Å². The lowest BCUT2D eigenvalue weighted by atomic mass is 9.95. The van der Waals surface area contributed by atoms with Crippen molar-refractivity contribution < 1.29 is 19.0 Å². The lowest BCUT2D eigenvalue weighted by Crippen LogP contribution is -2.14. The van der Waals surface area contributed by atoms with Gasteiger partial charge in [-0.15, -0.1) is 10.2 Å². The van der Waals surface area contributed by atoms with E-state index < -0.39 is 11.7 Å². The highest BCUT2D eigenvalue weighted by molar-refractivity contribution is 7.15. The first-order valence-corrected chi connectivity index (χ1v) is 14.8. The number of aliphatic imine (C=N–C) groups is 1. The summed E-state index contributed by atoms with van der Waals surface area (Å²) in [5, 5.41) is 20.6. The topological polar surface area (TPSA) is 110 Å². The molecule has 1 atom stereocenters. The predicted molar refractivity (Wildman–Crippen MR) is 170 cm³/mol. The molecule has 0 radical (unpaired) electrons. The van der Waals surface area contributed by atoms with Crippen molar-refractivity contribution in [1.29, 1.82) is 0 Å². The number of aliphatic hydroxyl groups is 1. The van der Waals surface area contributed by atoms with Crippen LogP contribution >= 0.6 is 11.3 Å². The Morgan fingerprint density at radius 1 is 1.26 bits per heavy atom. The van der Waals surface area contributed by atoms with Crippen LogP contribution in [0.1, 0.15) is 74.9 Å². The summed E-state index contributed by atoms with van der Waals surface area (Å²) >= 11 is 1.25. The summed E-state index contributed by atoms with van der Waals surface area (Å²) in [6, 6.07) is 6.17. The van der Waals surface area contributed by atoms with Gasteiger partial charge in [-0.05, 0) is 70.2 Å². The number of nitrogens with one attached hydrogen (secondary N) is 1. The van der Waals surface area contributed by atoms with Crippen molar-refractivity contribution in [3.05, 3.63) is 75.5 Å². The third kappa shape index (κ3) is 9.95. The first-order chi connectivity index (χ1) is 20.1. The molecule has 10 heteroatoms. The zero-order valence-electron chi connectivity index (χ0n) is 25.8. The molecule has 8 nitrogen and oxygen atoms in total. The molecule has 2 N–H and O–H groups in total. The maximum absolute atomic E-state index is 14.5. The molecule has 0 saturated carbocycles. The van der Waals surface area contributed by atoms with Crippen LogP contribution < -0.4 is 10.1 Å². The fourth-order valence-corrected chi connectivity index (χ4v) is 4.43. The number of ether oxygens (including phenoxy) is 1. The number of aromatic nitrogens is 3. The number of halogens is 1. The average molecular weight is 596 g/mol. The van der Waals surface area contributed by atoms with Crippen LogP contribution in [0.5, 0.6) is 5.75 Å². The maximum atomic E-state index is 14.5. The van der Waals surface area contributed by atoms with Gasteiger partial charge in [0, 0.05) is 23.7 Å². The number of carbonyl (C=O) groups is 1. The van der Waals surface area contributed by atoms with E-state index in [4.69, 9.17) is 9.84 Å². The Bertz CT molecular complexity index is 1430. The molecule has 0 bridgehead atoms. The Hall–Kier alpha value is -3.76. The fourth-order valence-electron chi connectivity index (χ4n) is 3.85. The van der Waals surface area contributed by atoms with E-state index in [9.17, 15) is 9.18 Å². The summed E-state index contributed by atoms with van der Waals surface area (Å²) in [5.41, 5.74) is 4.94. The summed E-state index contributed by atoms with van der Waals surface area (Å²) in [4.78, 5) is 21.2. The molecule has 1 aromatic carbocycles. The highest BCUT2D eigenvalue weighted by atomic mass is 32.1. The lowest BCUT2D eigenvalue weighted by Gasteiger charge is -2.14. The van der Waals surface area contributed by atoms with Crippen LogP contribution in [-0.2, 0) is 0 Å². The number of hydrogen-bond acceptors (Lipinski definition) is 8. The van der Waals surface area contributed by atoms with E-state index in [2.05, 4.69) is 53.2 Å². The van der Waals surface area contributed by atoms with Crippen LogP contribution in [0.25, 0.3) is 11.1 Å². The molecule has 0 aliphatic heterocycles. The van der Waals surface area contributed by atoms with Crippen molar-refractivity contribution in [3.8, 4) is 16.9 Å². The van der Waals surface area contributed by atoms with Crippen molar-refractivity contribution in [2.24, 2.45) is 10.9 Å². The molecule has 0 aliphatic carbocycles. The van der Waals surface area contributed by atoms with Crippen molar-refractivity contribution in [3.63, 3.8) is 0 Å². The first-order valence-electron chi connectivity index (χ1n) is 14.0. The molecule has 42 heavy (non-hydrogen) atoms. The van der Waals surface area contributed by atoms with Crippen LogP contribution in [-0.4, -0.2) is 46.1 Å². The Morgan fingerprint density at radius 3 is 2.57 bits per heavy atom. The number of aryl methyl sites for hydroxylation is 2. The summed E-state index contributed by atoms with van der Waals surface area (Å²) in [7, 11) is 1.45. The number of benzene rings is 1. The minimum atomic E-state index is -0.481. The van der Waals surface area contributed by atoms with Crippen LogP contribution in [0.2, 0.25) is 0 Å². The third-order valence-electron chi connectivity index (χ3n) is 6.72. The summed E-state index contributed by atoms with van der Waals surface area (Å²) in [6.07, 6.45) is 8.50. The van der Waals surface area contributed by atoms with Gasteiger partial charge in [0.15, 0.2) is 0 Å². The molecule has 3 rings (SSSR count). The van der Waals surface area contributed by atoms with Gasteiger partial charge in [0.25, 0.3) is 5.91 Å². The number of hydrogen-bond donors (Lipinski definition) is 2. The number of aliphatic hydroxyl groups excluding tert-OH is 1. The van der Waals surface area contributed by atoms with E-state index >= 15 is 0 Å². The predicted octanol–water partition coefficient (Wildman–Crippen LogP) is 7.73. The standard InChI is InChI=1S/C17H15FN4O2S.C15H27NO/c1-9-7-11(15-13(18)5-4-6-14(15)24-3)12(8-19-9)16(23)20-17-22-21-10(2)25-17;1-6-12(4)9-14(13(5)7-2)10-16-15(8-3)11-17/h4-8H,1-3H3,(H,20,22,23);8,10,12,17H,6-7,9,11H2,1-5H3/b;14-13-,15-8-,16-10+. The highest BCUT2D eigenvalue weighted by Gasteiger charge is 2.21. The molecule has 0 aliphatic rings. The van der Waals surface area contributed by atoms with Crippen LogP contribution in [0.4, 0.5) is 9.52 Å². The van der Waals surface area contributed by atoms with E-state index in [1.807, 2.05) is 19.2 Å². The molecule has 1 amide bonds. The Balaban J connectivity index is 0.000000319. The lowest BCUT2D eigenvalue weighted by molar-refractivity contribution is 0.102. The fraction of sp³-hybridized carbons (Fsp3) is 0.406. The Labute approximate surface area is 252 Å². The number of pyridine rings is 1. The smallest absolute Gasteiger partial charge is 0.259 e. The van der Waals surface area contributed by atoms with Crippen molar-refractivity contribution in [2.75, 3.05) is 19.0 Å². The van der Waals surface area contributed by atoms with Gasteiger partial charge in [0.05, 0.1) is 30.5 Å². The minimum absolute atomic E-state index is 0.00871. The van der Waals surface area contributed by atoms with E-state index in [1.54, 1.807) is 32.0 Å². The highest BCUT2D eigenvalue weighted by Crippen LogP contribution is 2.35. The maximum Gasteiger partial charge on any atom is 0.259 e. The molecule has 0 fully saturated rings. The van der Waals surface area contributed by atoms with Gasteiger partial charge in [-0.3, -0.25) is 20.1 Å².